The van der Waals surface area contributed by atoms with E-state index >= 15 is 0 Å². The normalized spacial score (nSPS) is 15.0. The third-order valence-electron chi connectivity index (χ3n) is 4.78. The Bertz CT molecular complexity index is 737. The molecule has 0 atom stereocenters. The van der Waals surface area contributed by atoms with Crippen LogP contribution in [-0.4, -0.2) is 59.1 Å². The molecule has 0 aliphatic carbocycles. The second kappa shape index (κ2) is 11.0. The third kappa shape index (κ3) is 6.19. The number of rotatable bonds is 7. The van der Waals surface area contributed by atoms with Crippen LogP contribution in [0.15, 0.2) is 28.8 Å². The fourth-order valence-electron chi connectivity index (χ4n) is 3.22. The zero-order valence-corrected chi connectivity index (χ0v) is 17.0. The highest BCUT2D eigenvalue weighted by Crippen LogP contribution is 2.14. The van der Waals surface area contributed by atoms with Gasteiger partial charge in [-0.05, 0) is 30.5 Å². The first kappa shape index (κ1) is 22.1. The van der Waals surface area contributed by atoms with Crippen molar-refractivity contribution in [3.63, 3.8) is 0 Å². The summed E-state index contributed by atoms with van der Waals surface area (Å²) < 4.78 is 10.2. The maximum atomic E-state index is 12.6. The molecule has 2 aromatic rings. The Kier molecular flexibility index (Phi) is 8.69. The molecule has 0 unspecified atom stereocenters. The van der Waals surface area contributed by atoms with Crippen molar-refractivity contribution in [1.29, 1.82) is 0 Å². The van der Waals surface area contributed by atoms with Crippen molar-refractivity contribution in [2.45, 2.75) is 32.4 Å². The lowest BCUT2D eigenvalue weighted by molar-refractivity contribution is -0.131. The van der Waals surface area contributed by atoms with E-state index < -0.39 is 0 Å². The van der Waals surface area contributed by atoms with Gasteiger partial charge in [-0.15, -0.1) is 12.4 Å². The molecule has 9 heteroatoms. The Balaban J connectivity index is 0.00000280. The van der Waals surface area contributed by atoms with Crippen molar-refractivity contribution < 1.29 is 14.1 Å². The van der Waals surface area contributed by atoms with Gasteiger partial charge in [0.1, 0.15) is 5.75 Å². The van der Waals surface area contributed by atoms with Crippen LogP contribution in [0.4, 0.5) is 0 Å². The number of aryl methyl sites for hydroxylation is 1. The number of halogens is 1. The second-order valence-electron chi connectivity index (χ2n) is 6.67. The fraction of sp³-hybridized carbons (Fsp3) is 0.526. The molecule has 0 bridgehead atoms. The van der Waals surface area contributed by atoms with E-state index in [0.717, 1.165) is 50.3 Å². The largest absolute Gasteiger partial charge is 0.497 e. The molecule has 2 N–H and O–H groups in total. The van der Waals surface area contributed by atoms with Crippen LogP contribution in [0.1, 0.15) is 30.1 Å². The summed E-state index contributed by atoms with van der Waals surface area (Å²) >= 11 is 0. The van der Waals surface area contributed by atoms with Crippen LogP contribution in [0.25, 0.3) is 0 Å². The van der Waals surface area contributed by atoms with Gasteiger partial charge in [-0.25, -0.2) is 0 Å². The number of aromatic nitrogens is 2. The Morgan fingerprint density at radius 1 is 1.21 bits per heavy atom. The van der Waals surface area contributed by atoms with E-state index in [-0.39, 0.29) is 24.9 Å². The van der Waals surface area contributed by atoms with Crippen molar-refractivity contribution in [3.8, 4) is 5.75 Å². The molecule has 154 valence electrons. The number of hydrogen-bond acceptors (Lipinski definition) is 7. The van der Waals surface area contributed by atoms with Crippen LogP contribution < -0.4 is 10.5 Å². The molecule has 1 amide bonds. The topological polar surface area (TPSA) is 97.7 Å². The van der Waals surface area contributed by atoms with Gasteiger partial charge in [-0.1, -0.05) is 17.3 Å². The molecule has 1 aliphatic heterocycles. The predicted octanol–water partition coefficient (Wildman–Crippen LogP) is 1.63. The van der Waals surface area contributed by atoms with Crippen LogP contribution >= 0.6 is 12.4 Å². The number of ether oxygens (including phenoxy) is 1. The first-order valence-corrected chi connectivity index (χ1v) is 9.32. The second-order valence-corrected chi connectivity index (χ2v) is 6.67. The summed E-state index contributed by atoms with van der Waals surface area (Å²) in [6.07, 6.45) is 2.21. The molecule has 28 heavy (non-hydrogen) atoms. The van der Waals surface area contributed by atoms with Crippen molar-refractivity contribution >= 4 is 18.3 Å². The molecular formula is C19H28ClN5O3. The first-order chi connectivity index (χ1) is 13.2. The summed E-state index contributed by atoms with van der Waals surface area (Å²) in [6, 6.07) is 7.88. The first-order valence-electron chi connectivity index (χ1n) is 9.32. The highest BCUT2D eigenvalue weighted by Gasteiger charge is 2.20. The predicted molar refractivity (Wildman–Crippen MR) is 107 cm³/mol. The van der Waals surface area contributed by atoms with Crippen LogP contribution in [0, 0.1) is 0 Å². The van der Waals surface area contributed by atoms with Crippen LogP contribution in [0.2, 0.25) is 0 Å². The lowest BCUT2D eigenvalue weighted by atomic mass is 10.1. The van der Waals surface area contributed by atoms with Gasteiger partial charge in [-0.2, -0.15) is 4.98 Å². The molecule has 1 aliphatic rings. The number of carbonyl (C=O) groups excluding carboxylic acids is 1. The summed E-state index contributed by atoms with van der Waals surface area (Å²) in [5.41, 5.74) is 6.64. The van der Waals surface area contributed by atoms with E-state index in [9.17, 15) is 4.79 Å². The minimum atomic E-state index is 0. The third-order valence-corrected chi connectivity index (χ3v) is 4.78. The number of nitrogens with two attached hydrogens (primary N) is 1. The van der Waals surface area contributed by atoms with E-state index in [1.165, 1.54) is 0 Å². The molecule has 0 saturated carbocycles. The van der Waals surface area contributed by atoms with Gasteiger partial charge in [0.2, 0.25) is 11.8 Å². The molecular weight excluding hydrogens is 382 g/mol. The SMILES string of the molecule is COc1ccc(CCC(=O)N2CCCN(Cc3noc(CN)n3)CC2)cc1.Cl. The van der Waals surface area contributed by atoms with Crippen LogP contribution in [0.3, 0.4) is 0 Å². The van der Waals surface area contributed by atoms with E-state index in [4.69, 9.17) is 15.0 Å². The van der Waals surface area contributed by atoms with Gasteiger partial charge in [0.05, 0.1) is 20.2 Å². The average molecular weight is 410 g/mol. The summed E-state index contributed by atoms with van der Waals surface area (Å²) in [5.74, 6) is 2.14. The minimum absolute atomic E-state index is 0. The average Bonchev–Trinajstić information content (AvgIpc) is 3.03. The van der Waals surface area contributed by atoms with Gasteiger partial charge < -0.3 is 19.9 Å². The van der Waals surface area contributed by atoms with Gasteiger partial charge in [-0.3, -0.25) is 9.69 Å². The molecule has 1 fully saturated rings. The maximum Gasteiger partial charge on any atom is 0.240 e. The number of hydrogen-bond donors (Lipinski definition) is 1. The number of nitrogens with zero attached hydrogens (tertiary/aromatic N) is 4. The minimum Gasteiger partial charge on any atom is -0.497 e. The van der Waals surface area contributed by atoms with Crippen molar-refractivity contribution in [2.24, 2.45) is 5.73 Å². The highest BCUT2D eigenvalue weighted by molar-refractivity contribution is 5.85. The Morgan fingerprint density at radius 3 is 2.68 bits per heavy atom. The van der Waals surface area contributed by atoms with Crippen LogP contribution in [-0.2, 0) is 24.3 Å². The van der Waals surface area contributed by atoms with Crippen molar-refractivity contribution in [1.82, 2.24) is 19.9 Å². The Labute approximate surface area is 171 Å². The molecule has 3 rings (SSSR count). The number of benzene rings is 1. The Hall–Kier alpha value is -2.16. The van der Waals surface area contributed by atoms with Gasteiger partial charge in [0.15, 0.2) is 5.82 Å². The quantitative estimate of drug-likeness (QED) is 0.742. The summed E-state index contributed by atoms with van der Waals surface area (Å²) in [4.78, 5) is 21.0. The zero-order valence-electron chi connectivity index (χ0n) is 16.2. The van der Waals surface area contributed by atoms with Crippen LogP contribution in [0.5, 0.6) is 5.75 Å². The summed E-state index contributed by atoms with van der Waals surface area (Å²) in [7, 11) is 1.65. The smallest absolute Gasteiger partial charge is 0.240 e. The molecule has 0 radical (unpaired) electrons. The fourth-order valence-corrected chi connectivity index (χ4v) is 3.22. The summed E-state index contributed by atoms with van der Waals surface area (Å²) in [5, 5.41) is 3.94. The lowest BCUT2D eigenvalue weighted by Crippen LogP contribution is -2.35. The number of amides is 1. The molecule has 1 aromatic carbocycles. The zero-order chi connectivity index (χ0) is 19.1. The van der Waals surface area contributed by atoms with Gasteiger partial charge in [0, 0.05) is 32.6 Å². The Morgan fingerprint density at radius 2 is 2.00 bits per heavy atom. The van der Waals surface area contributed by atoms with E-state index in [0.29, 0.717) is 24.7 Å². The van der Waals surface area contributed by atoms with E-state index in [1.807, 2.05) is 29.2 Å². The molecule has 1 saturated heterocycles. The van der Waals surface area contributed by atoms with E-state index in [1.54, 1.807) is 7.11 Å². The molecule has 2 heterocycles. The van der Waals surface area contributed by atoms with Crippen molar-refractivity contribution in [2.75, 3.05) is 33.3 Å². The number of methoxy groups -OCH3 is 1. The molecule has 8 nitrogen and oxygen atoms in total. The number of carbonyl (C=O) groups is 1. The van der Waals surface area contributed by atoms with Gasteiger partial charge in [0.25, 0.3) is 0 Å². The molecule has 1 aromatic heterocycles. The monoisotopic (exact) mass is 409 g/mol. The lowest BCUT2D eigenvalue weighted by Gasteiger charge is -2.21. The maximum absolute atomic E-state index is 12.6. The molecule has 0 spiro atoms. The highest BCUT2D eigenvalue weighted by atomic mass is 35.5. The van der Waals surface area contributed by atoms with E-state index in [2.05, 4.69) is 15.0 Å². The standard InChI is InChI=1S/C19H27N5O3.ClH/c1-26-16-6-3-15(4-7-16)5-8-19(25)24-10-2-9-23(11-12-24)14-17-21-18(13-20)27-22-17;/h3-4,6-7H,2,5,8-14,20H2,1H3;1H. The van der Waals surface area contributed by atoms with Gasteiger partial charge >= 0.3 is 0 Å². The van der Waals surface area contributed by atoms with Crippen molar-refractivity contribution in [3.05, 3.63) is 41.5 Å². The summed E-state index contributed by atoms with van der Waals surface area (Å²) in [6.45, 7) is 4.11.